The molecule has 2 aromatic rings. The molecule has 22 heavy (non-hydrogen) atoms. The Morgan fingerprint density at radius 1 is 1.27 bits per heavy atom. The van der Waals surface area contributed by atoms with Crippen molar-refractivity contribution in [1.82, 2.24) is 5.32 Å². The van der Waals surface area contributed by atoms with Crippen LogP contribution in [0.3, 0.4) is 0 Å². The first-order valence-corrected chi connectivity index (χ1v) is 8.70. The van der Waals surface area contributed by atoms with Crippen LogP contribution >= 0.6 is 11.6 Å². The molecule has 0 aliphatic heterocycles. The Hall–Kier alpha value is -1.79. The van der Waals surface area contributed by atoms with Crippen LogP contribution in [0, 0.1) is 6.92 Å². The lowest BCUT2D eigenvalue weighted by Gasteiger charge is -2.08. The van der Waals surface area contributed by atoms with Gasteiger partial charge >= 0.3 is 0 Å². The second-order valence-corrected chi connectivity index (χ2v) is 7.54. The number of carbonyl (C=O) groups excluding carboxylic acids is 1. The third-order valence-corrected chi connectivity index (χ3v) is 5.05. The smallest absolute Gasteiger partial charge is 0.254 e. The van der Waals surface area contributed by atoms with Crippen LogP contribution in [0.5, 0.6) is 0 Å². The fourth-order valence-corrected chi connectivity index (χ4v) is 3.21. The Kier molecular flexibility index (Phi) is 4.93. The molecule has 0 saturated heterocycles. The lowest BCUT2D eigenvalue weighted by atomic mass is 10.2. The second kappa shape index (κ2) is 6.54. The minimum absolute atomic E-state index is 0.00651. The summed E-state index contributed by atoms with van der Waals surface area (Å²) in [5, 5.41) is 3.02. The van der Waals surface area contributed by atoms with E-state index in [4.69, 9.17) is 16.0 Å². The van der Waals surface area contributed by atoms with Gasteiger partial charge in [0.1, 0.15) is 12.0 Å². The average Bonchev–Trinajstić information content (AvgIpc) is 2.91. The number of sulfone groups is 1. The molecular formula is C15H16ClNO4S. The van der Waals surface area contributed by atoms with Crippen LogP contribution in [0.2, 0.25) is 5.02 Å². The number of rotatable bonds is 5. The first-order chi connectivity index (χ1) is 10.3. The summed E-state index contributed by atoms with van der Waals surface area (Å²) in [5.41, 5.74) is 1.04. The third-order valence-electron chi connectivity index (χ3n) is 3.12. The molecule has 0 bridgehead atoms. The van der Waals surface area contributed by atoms with E-state index in [1.54, 1.807) is 26.0 Å². The third kappa shape index (κ3) is 3.90. The zero-order chi connectivity index (χ0) is 16.3. The molecule has 0 aliphatic rings. The SMILES string of the molecule is CCS(=O)(=O)c1cc(Cl)cc(CNC(=O)c2coc(C)c2)c1. The summed E-state index contributed by atoms with van der Waals surface area (Å²) in [6.45, 7) is 3.49. The Balaban J connectivity index is 2.15. The second-order valence-electron chi connectivity index (χ2n) is 4.83. The lowest BCUT2D eigenvalue weighted by Crippen LogP contribution is -2.22. The molecule has 0 spiro atoms. The van der Waals surface area contributed by atoms with E-state index in [1.165, 1.54) is 18.4 Å². The Morgan fingerprint density at radius 3 is 2.59 bits per heavy atom. The molecule has 1 amide bonds. The van der Waals surface area contributed by atoms with Crippen molar-refractivity contribution < 1.29 is 17.6 Å². The van der Waals surface area contributed by atoms with E-state index < -0.39 is 9.84 Å². The highest BCUT2D eigenvalue weighted by Gasteiger charge is 2.14. The molecule has 1 aromatic heterocycles. The first kappa shape index (κ1) is 16.6. The summed E-state index contributed by atoms with van der Waals surface area (Å²) in [6, 6.07) is 6.17. The molecular weight excluding hydrogens is 326 g/mol. The lowest BCUT2D eigenvalue weighted by molar-refractivity contribution is 0.0950. The number of amides is 1. The van der Waals surface area contributed by atoms with Crippen molar-refractivity contribution in [1.29, 1.82) is 0 Å². The summed E-state index contributed by atoms with van der Waals surface area (Å²) in [5.74, 6) is 0.342. The van der Waals surface area contributed by atoms with Crippen LogP contribution in [-0.2, 0) is 16.4 Å². The van der Waals surface area contributed by atoms with E-state index >= 15 is 0 Å². The molecule has 0 radical (unpaired) electrons. The molecule has 0 unspecified atom stereocenters. The summed E-state index contributed by atoms with van der Waals surface area (Å²) < 4.78 is 28.9. The fraction of sp³-hybridized carbons (Fsp3) is 0.267. The Bertz CT molecular complexity index is 796. The number of benzene rings is 1. The maximum absolute atomic E-state index is 11.9. The van der Waals surface area contributed by atoms with E-state index in [-0.39, 0.29) is 23.1 Å². The highest BCUT2D eigenvalue weighted by atomic mass is 35.5. The first-order valence-electron chi connectivity index (χ1n) is 6.67. The van der Waals surface area contributed by atoms with Crippen LogP contribution in [0.4, 0.5) is 0 Å². The van der Waals surface area contributed by atoms with Crippen LogP contribution in [0.1, 0.15) is 28.6 Å². The largest absolute Gasteiger partial charge is 0.469 e. The van der Waals surface area contributed by atoms with Gasteiger partial charge in [-0.25, -0.2) is 8.42 Å². The molecule has 0 fully saturated rings. The van der Waals surface area contributed by atoms with E-state index in [2.05, 4.69) is 5.32 Å². The van der Waals surface area contributed by atoms with Gasteiger partial charge in [0.2, 0.25) is 0 Å². The van der Waals surface area contributed by atoms with Gasteiger partial charge in [0, 0.05) is 11.6 Å². The van der Waals surface area contributed by atoms with Crippen molar-refractivity contribution in [3.8, 4) is 0 Å². The van der Waals surface area contributed by atoms with E-state index in [9.17, 15) is 13.2 Å². The number of furan rings is 1. The Labute approximate surface area is 134 Å². The molecule has 0 aliphatic carbocycles. The maximum Gasteiger partial charge on any atom is 0.254 e. The topological polar surface area (TPSA) is 76.4 Å². The van der Waals surface area contributed by atoms with Gasteiger partial charge in [-0.15, -0.1) is 0 Å². The van der Waals surface area contributed by atoms with Gasteiger partial charge in [-0.2, -0.15) is 0 Å². The fourth-order valence-electron chi connectivity index (χ4n) is 1.92. The minimum Gasteiger partial charge on any atom is -0.469 e. The van der Waals surface area contributed by atoms with Gasteiger partial charge in [-0.05, 0) is 36.8 Å². The molecule has 5 nitrogen and oxygen atoms in total. The number of nitrogens with one attached hydrogen (secondary N) is 1. The zero-order valence-electron chi connectivity index (χ0n) is 12.2. The van der Waals surface area contributed by atoms with Gasteiger partial charge in [-0.3, -0.25) is 4.79 Å². The minimum atomic E-state index is -3.34. The highest BCUT2D eigenvalue weighted by Crippen LogP contribution is 2.20. The predicted octanol–water partition coefficient (Wildman–Crippen LogP) is 2.97. The summed E-state index contributed by atoms with van der Waals surface area (Å²) in [4.78, 5) is 12.1. The van der Waals surface area contributed by atoms with E-state index in [1.807, 2.05) is 0 Å². The monoisotopic (exact) mass is 341 g/mol. The number of carbonyl (C=O) groups is 1. The van der Waals surface area contributed by atoms with Crippen molar-refractivity contribution in [2.24, 2.45) is 0 Å². The van der Waals surface area contributed by atoms with Crippen molar-refractivity contribution in [3.63, 3.8) is 0 Å². The molecule has 118 valence electrons. The summed E-state index contributed by atoms with van der Waals surface area (Å²) in [7, 11) is -3.34. The van der Waals surface area contributed by atoms with Gasteiger partial charge in [-0.1, -0.05) is 18.5 Å². The number of hydrogen-bond acceptors (Lipinski definition) is 4. The molecule has 1 aromatic carbocycles. The molecule has 7 heteroatoms. The van der Waals surface area contributed by atoms with Gasteiger partial charge in [0.05, 0.1) is 16.2 Å². The molecule has 1 heterocycles. The summed E-state index contributed by atoms with van der Waals surface area (Å²) >= 11 is 5.96. The number of halogens is 1. The van der Waals surface area contributed by atoms with Crippen molar-refractivity contribution >= 4 is 27.3 Å². The molecule has 1 N–H and O–H groups in total. The van der Waals surface area contributed by atoms with Crippen LogP contribution < -0.4 is 5.32 Å². The van der Waals surface area contributed by atoms with Crippen LogP contribution in [0.25, 0.3) is 0 Å². The van der Waals surface area contributed by atoms with Crippen molar-refractivity contribution in [2.75, 3.05) is 5.75 Å². The predicted molar refractivity (Wildman–Crippen MR) is 83.8 cm³/mol. The van der Waals surface area contributed by atoms with Gasteiger partial charge in [0.15, 0.2) is 9.84 Å². The van der Waals surface area contributed by atoms with Crippen LogP contribution in [-0.4, -0.2) is 20.1 Å². The number of aryl methyl sites for hydroxylation is 1. The average molecular weight is 342 g/mol. The zero-order valence-corrected chi connectivity index (χ0v) is 13.8. The van der Waals surface area contributed by atoms with Crippen molar-refractivity contribution in [2.45, 2.75) is 25.3 Å². The van der Waals surface area contributed by atoms with Gasteiger partial charge in [0.25, 0.3) is 5.91 Å². The normalized spacial score (nSPS) is 11.4. The molecule has 0 atom stereocenters. The highest BCUT2D eigenvalue weighted by molar-refractivity contribution is 7.91. The molecule has 0 saturated carbocycles. The van der Waals surface area contributed by atoms with Crippen LogP contribution in [0.15, 0.2) is 39.8 Å². The van der Waals surface area contributed by atoms with E-state index in [0.29, 0.717) is 21.9 Å². The quantitative estimate of drug-likeness (QED) is 0.907. The Morgan fingerprint density at radius 2 is 2.00 bits per heavy atom. The molecule has 2 rings (SSSR count). The standard InChI is InChI=1S/C15H16ClNO4S/c1-3-22(19,20)14-6-11(5-13(16)7-14)8-17-15(18)12-4-10(2)21-9-12/h4-7,9H,3,8H2,1-2H3,(H,17,18). The van der Waals surface area contributed by atoms with Crippen molar-refractivity contribution in [3.05, 3.63) is 52.4 Å². The van der Waals surface area contributed by atoms with Gasteiger partial charge < -0.3 is 9.73 Å². The van der Waals surface area contributed by atoms with E-state index in [0.717, 1.165) is 0 Å². The number of hydrogen-bond donors (Lipinski definition) is 1. The summed E-state index contributed by atoms with van der Waals surface area (Å²) in [6.07, 6.45) is 1.37. The maximum atomic E-state index is 11.9.